The summed E-state index contributed by atoms with van der Waals surface area (Å²) in [7, 11) is 0. The van der Waals surface area contributed by atoms with Crippen LogP contribution in [-0.4, -0.2) is 24.6 Å². The number of aromatic nitrogens is 4. The molecule has 0 saturated carbocycles. The van der Waals surface area contributed by atoms with Crippen LogP contribution in [-0.2, 0) is 6.54 Å². The quantitative estimate of drug-likeness (QED) is 0.755. The standard InChI is InChI=1S/C7H7N5OS/c13-7(5-3-11-14-12-5)10-4-6-8-1-2-9-6/h1-3H,4H2,(H,8,9)(H,10,13). The van der Waals surface area contributed by atoms with Gasteiger partial charge in [0.05, 0.1) is 24.5 Å². The van der Waals surface area contributed by atoms with Crippen LogP contribution in [0.15, 0.2) is 18.6 Å². The van der Waals surface area contributed by atoms with E-state index in [-0.39, 0.29) is 5.91 Å². The minimum atomic E-state index is -0.241. The van der Waals surface area contributed by atoms with E-state index in [1.807, 2.05) is 0 Å². The van der Waals surface area contributed by atoms with Crippen molar-refractivity contribution < 1.29 is 4.79 Å². The second kappa shape index (κ2) is 3.97. The summed E-state index contributed by atoms with van der Waals surface area (Å²) < 4.78 is 7.54. The van der Waals surface area contributed by atoms with Crippen LogP contribution >= 0.6 is 11.7 Å². The maximum atomic E-state index is 11.4. The lowest BCUT2D eigenvalue weighted by molar-refractivity contribution is 0.0946. The summed E-state index contributed by atoms with van der Waals surface area (Å²) >= 11 is 1.01. The number of nitrogens with one attached hydrogen (secondary N) is 2. The first-order valence-electron chi connectivity index (χ1n) is 3.90. The van der Waals surface area contributed by atoms with Gasteiger partial charge in [0.25, 0.3) is 5.91 Å². The highest BCUT2D eigenvalue weighted by Crippen LogP contribution is 1.95. The monoisotopic (exact) mass is 209 g/mol. The van der Waals surface area contributed by atoms with Crippen molar-refractivity contribution in [1.29, 1.82) is 0 Å². The Morgan fingerprint density at radius 3 is 3.21 bits per heavy atom. The lowest BCUT2D eigenvalue weighted by Gasteiger charge is -1.98. The van der Waals surface area contributed by atoms with Crippen molar-refractivity contribution >= 4 is 17.6 Å². The predicted octanol–water partition coefficient (Wildman–Crippen LogP) is 0.191. The fourth-order valence-corrected chi connectivity index (χ4v) is 1.33. The highest BCUT2D eigenvalue weighted by atomic mass is 32.1. The third-order valence-corrected chi connectivity index (χ3v) is 2.04. The normalized spacial score (nSPS) is 10.0. The Hall–Kier alpha value is -1.76. The van der Waals surface area contributed by atoms with Crippen molar-refractivity contribution in [1.82, 2.24) is 24.0 Å². The first-order valence-corrected chi connectivity index (χ1v) is 4.63. The summed E-state index contributed by atoms with van der Waals surface area (Å²) in [6.45, 7) is 0.364. The molecule has 2 rings (SSSR count). The van der Waals surface area contributed by atoms with Crippen molar-refractivity contribution in [3.8, 4) is 0 Å². The second-order valence-corrected chi connectivity index (χ2v) is 3.07. The smallest absolute Gasteiger partial charge is 0.273 e. The maximum absolute atomic E-state index is 11.4. The van der Waals surface area contributed by atoms with Gasteiger partial charge in [-0.15, -0.1) is 0 Å². The number of rotatable bonds is 3. The minimum Gasteiger partial charge on any atom is -0.347 e. The molecule has 7 heteroatoms. The van der Waals surface area contributed by atoms with Gasteiger partial charge in [-0.2, -0.15) is 8.75 Å². The average Bonchev–Trinajstić information content (AvgIpc) is 2.87. The Kier molecular flexibility index (Phi) is 2.50. The van der Waals surface area contributed by atoms with Crippen LogP contribution in [0, 0.1) is 0 Å². The molecule has 1 amide bonds. The second-order valence-electron chi connectivity index (χ2n) is 2.51. The lowest BCUT2D eigenvalue weighted by Crippen LogP contribution is -2.23. The molecule has 2 N–H and O–H groups in total. The Balaban J connectivity index is 1.90. The number of amides is 1. The van der Waals surface area contributed by atoms with E-state index >= 15 is 0 Å². The molecule has 2 aromatic heterocycles. The van der Waals surface area contributed by atoms with Crippen molar-refractivity contribution in [3.63, 3.8) is 0 Å². The van der Waals surface area contributed by atoms with Crippen LogP contribution in [0.2, 0.25) is 0 Å². The first kappa shape index (κ1) is 8.82. The molecule has 0 bridgehead atoms. The highest BCUT2D eigenvalue weighted by Gasteiger charge is 2.07. The third kappa shape index (κ3) is 1.94. The van der Waals surface area contributed by atoms with E-state index in [0.29, 0.717) is 18.1 Å². The zero-order valence-corrected chi connectivity index (χ0v) is 7.91. The van der Waals surface area contributed by atoms with E-state index in [1.54, 1.807) is 12.4 Å². The SMILES string of the molecule is O=C(NCc1ncc[nH]1)c1cnsn1. The largest absolute Gasteiger partial charge is 0.347 e. The summed E-state index contributed by atoms with van der Waals surface area (Å²) in [5.41, 5.74) is 0.335. The molecule has 0 saturated heterocycles. The van der Waals surface area contributed by atoms with Gasteiger partial charge in [-0.25, -0.2) is 4.98 Å². The lowest BCUT2D eigenvalue weighted by atomic mass is 10.4. The molecule has 0 aliphatic heterocycles. The Labute approximate surface area is 83.7 Å². The van der Waals surface area contributed by atoms with Gasteiger partial charge in [-0.05, 0) is 0 Å². The van der Waals surface area contributed by atoms with Gasteiger partial charge in [0, 0.05) is 12.4 Å². The molecule has 0 aromatic carbocycles. The van der Waals surface area contributed by atoms with E-state index in [0.717, 1.165) is 11.7 Å². The predicted molar refractivity (Wildman–Crippen MR) is 49.7 cm³/mol. The topological polar surface area (TPSA) is 83.6 Å². The van der Waals surface area contributed by atoms with E-state index in [9.17, 15) is 4.79 Å². The van der Waals surface area contributed by atoms with Crippen LogP contribution in [0.1, 0.15) is 16.3 Å². The third-order valence-electron chi connectivity index (χ3n) is 1.57. The van der Waals surface area contributed by atoms with Crippen molar-refractivity contribution in [2.45, 2.75) is 6.54 Å². The number of carbonyl (C=O) groups excluding carboxylic acids is 1. The number of carbonyl (C=O) groups is 1. The summed E-state index contributed by atoms with van der Waals surface area (Å²) in [5.74, 6) is 0.469. The summed E-state index contributed by atoms with van der Waals surface area (Å²) in [4.78, 5) is 18.2. The molecule has 0 radical (unpaired) electrons. The number of hydrogen-bond acceptors (Lipinski definition) is 5. The molecule has 2 aromatic rings. The molecule has 0 atom stereocenters. The summed E-state index contributed by atoms with van der Waals surface area (Å²) in [6, 6.07) is 0. The first-order chi connectivity index (χ1) is 6.86. The number of imidazole rings is 1. The number of aromatic amines is 1. The van der Waals surface area contributed by atoms with E-state index < -0.39 is 0 Å². The van der Waals surface area contributed by atoms with Gasteiger partial charge in [0.15, 0.2) is 5.69 Å². The maximum Gasteiger partial charge on any atom is 0.273 e. The molecule has 72 valence electrons. The van der Waals surface area contributed by atoms with E-state index in [2.05, 4.69) is 24.0 Å². The van der Waals surface area contributed by atoms with Crippen LogP contribution in [0.5, 0.6) is 0 Å². The van der Waals surface area contributed by atoms with Crippen LogP contribution in [0.3, 0.4) is 0 Å². The molecular weight excluding hydrogens is 202 g/mol. The minimum absolute atomic E-state index is 0.241. The van der Waals surface area contributed by atoms with Gasteiger partial charge in [-0.3, -0.25) is 4.79 Å². The summed E-state index contributed by atoms with van der Waals surface area (Å²) in [5, 5.41) is 2.66. The Morgan fingerprint density at radius 1 is 1.64 bits per heavy atom. The molecule has 0 spiro atoms. The Morgan fingerprint density at radius 2 is 2.57 bits per heavy atom. The van der Waals surface area contributed by atoms with Crippen molar-refractivity contribution in [3.05, 3.63) is 30.1 Å². The van der Waals surface area contributed by atoms with Gasteiger partial charge in [-0.1, -0.05) is 0 Å². The van der Waals surface area contributed by atoms with Crippen molar-refractivity contribution in [2.75, 3.05) is 0 Å². The molecule has 2 heterocycles. The van der Waals surface area contributed by atoms with Crippen LogP contribution in [0.4, 0.5) is 0 Å². The van der Waals surface area contributed by atoms with Gasteiger partial charge >= 0.3 is 0 Å². The number of H-pyrrole nitrogens is 1. The molecule has 6 nitrogen and oxygen atoms in total. The van der Waals surface area contributed by atoms with Crippen LogP contribution in [0.25, 0.3) is 0 Å². The molecule has 0 aliphatic rings. The highest BCUT2D eigenvalue weighted by molar-refractivity contribution is 6.99. The number of nitrogens with zero attached hydrogens (tertiary/aromatic N) is 3. The van der Waals surface area contributed by atoms with Gasteiger partial charge in [0.2, 0.25) is 0 Å². The zero-order chi connectivity index (χ0) is 9.80. The molecule has 0 aliphatic carbocycles. The van der Waals surface area contributed by atoms with E-state index in [1.165, 1.54) is 6.20 Å². The van der Waals surface area contributed by atoms with Crippen LogP contribution < -0.4 is 5.32 Å². The van der Waals surface area contributed by atoms with E-state index in [4.69, 9.17) is 0 Å². The fourth-order valence-electron chi connectivity index (χ4n) is 0.914. The van der Waals surface area contributed by atoms with Gasteiger partial charge in [0.1, 0.15) is 5.82 Å². The Bertz CT molecular complexity index is 396. The number of hydrogen-bond donors (Lipinski definition) is 2. The van der Waals surface area contributed by atoms with Gasteiger partial charge < -0.3 is 10.3 Å². The molecule has 0 unspecified atom stereocenters. The molecular formula is C7H7N5OS. The van der Waals surface area contributed by atoms with Crippen molar-refractivity contribution in [2.24, 2.45) is 0 Å². The fraction of sp³-hybridized carbons (Fsp3) is 0.143. The average molecular weight is 209 g/mol. The molecule has 14 heavy (non-hydrogen) atoms. The zero-order valence-electron chi connectivity index (χ0n) is 7.10. The summed E-state index contributed by atoms with van der Waals surface area (Å²) in [6.07, 6.45) is 4.76. The molecule has 0 fully saturated rings.